The Bertz CT molecular complexity index is 390. The molecule has 4 nitrogen and oxygen atoms in total. The monoisotopic (exact) mass is 208 g/mol. The Labute approximate surface area is 88.7 Å². The number of H-pyrrole nitrogens is 1. The van der Waals surface area contributed by atoms with E-state index in [0.29, 0.717) is 0 Å². The molecule has 1 aliphatic rings. The molecule has 0 amide bonds. The lowest BCUT2D eigenvalue weighted by Gasteiger charge is -2.18. The Morgan fingerprint density at radius 1 is 1.60 bits per heavy atom. The highest BCUT2D eigenvalue weighted by atomic mass is 16.4. The Hall–Kier alpha value is -1.32. The summed E-state index contributed by atoms with van der Waals surface area (Å²) in [6, 6.07) is 0. The molecule has 0 saturated heterocycles. The number of hydrogen-bond donors (Lipinski definition) is 2. The zero-order valence-electron chi connectivity index (χ0n) is 9.24. The van der Waals surface area contributed by atoms with E-state index >= 15 is 0 Å². The fourth-order valence-electron chi connectivity index (χ4n) is 1.99. The van der Waals surface area contributed by atoms with Gasteiger partial charge in [-0.2, -0.15) is 5.10 Å². The molecule has 2 atom stereocenters. The molecule has 1 saturated carbocycles. The topological polar surface area (TPSA) is 66.0 Å². The summed E-state index contributed by atoms with van der Waals surface area (Å²) < 4.78 is 0. The molecule has 1 heterocycles. The molecule has 2 rings (SSSR count). The maximum atomic E-state index is 10.8. The largest absolute Gasteiger partial charge is 0.481 e. The summed E-state index contributed by atoms with van der Waals surface area (Å²) in [5.74, 6) is -0.736. The zero-order chi connectivity index (χ0) is 11.2. The summed E-state index contributed by atoms with van der Waals surface area (Å²) in [6.45, 7) is 6.30. The normalized spacial score (nSPS) is 25.3. The van der Waals surface area contributed by atoms with Gasteiger partial charge in [-0.1, -0.05) is 20.8 Å². The third-order valence-electron chi connectivity index (χ3n) is 2.93. The second-order valence-corrected chi connectivity index (χ2v) is 5.24. The first-order valence-electron chi connectivity index (χ1n) is 5.18. The van der Waals surface area contributed by atoms with Gasteiger partial charge in [-0.25, -0.2) is 0 Å². The molecule has 2 N–H and O–H groups in total. The Balaban J connectivity index is 2.25. The van der Waals surface area contributed by atoms with Gasteiger partial charge in [-0.3, -0.25) is 9.89 Å². The molecule has 0 aromatic carbocycles. The van der Waals surface area contributed by atoms with E-state index in [-0.39, 0.29) is 17.3 Å². The highest BCUT2D eigenvalue weighted by Gasteiger charge is 2.46. The lowest BCUT2D eigenvalue weighted by molar-refractivity contribution is -0.138. The molecule has 0 spiro atoms. The molecule has 82 valence electrons. The van der Waals surface area contributed by atoms with Gasteiger partial charge >= 0.3 is 5.97 Å². The lowest BCUT2D eigenvalue weighted by Crippen LogP contribution is -2.14. The van der Waals surface area contributed by atoms with Crippen LogP contribution in [0.25, 0.3) is 0 Å². The first kappa shape index (κ1) is 10.2. The van der Waals surface area contributed by atoms with Crippen LogP contribution in [0.3, 0.4) is 0 Å². The van der Waals surface area contributed by atoms with Gasteiger partial charge in [0, 0.05) is 17.0 Å². The smallest absolute Gasteiger partial charge is 0.307 e. The number of carboxylic acid groups (broad SMARTS) is 1. The molecule has 0 aliphatic heterocycles. The molecule has 1 aliphatic carbocycles. The van der Waals surface area contributed by atoms with Crippen LogP contribution in [-0.4, -0.2) is 21.3 Å². The predicted molar refractivity (Wildman–Crippen MR) is 55.8 cm³/mol. The van der Waals surface area contributed by atoms with E-state index in [1.54, 1.807) is 6.20 Å². The van der Waals surface area contributed by atoms with Crippen LogP contribution in [0.5, 0.6) is 0 Å². The van der Waals surface area contributed by atoms with Gasteiger partial charge < -0.3 is 5.11 Å². The zero-order valence-corrected chi connectivity index (χ0v) is 9.24. The molecule has 15 heavy (non-hydrogen) atoms. The molecular weight excluding hydrogens is 192 g/mol. The van der Waals surface area contributed by atoms with Gasteiger partial charge in [0.25, 0.3) is 0 Å². The number of nitrogens with one attached hydrogen (secondary N) is 1. The summed E-state index contributed by atoms with van der Waals surface area (Å²) >= 11 is 0. The Morgan fingerprint density at radius 3 is 2.73 bits per heavy atom. The highest BCUT2D eigenvalue weighted by molar-refractivity contribution is 5.75. The fraction of sp³-hybridized carbons (Fsp3) is 0.636. The number of nitrogens with zero attached hydrogens (tertiary/aromatic N) is 1. The maximum absolute atomic E-state index is 10.8. The summed E-state index contributed by atoms with van der Waals surface area (Å²) in [4.78, 5) is 10.8. The van der Waals surface area contributed by atoms with Crippen molar-refractivity contribution in [1.29, 1.82) is 0 Å². The number of aromatic nitrogens is 2. The van der Waals surface area contributed by atoms with Crippen molar-refractivity contribution in [3.05, 3.63) is 17.5 Å². The SMILES string of the molecule is CC(C)(C)c1[nH]ncc1C1CC1C(=O)O. The second kappa shape index (κ2) is 3.08. The molecule has 1 aromatic heterocycles. The number of aromatic amines is 1. The van der Waals surface area contributed by atoms with E-state index in [9.17, 15) is 4.79 Å². The van der Waals surface area contributed by atoms with Crippen molar-refractivity contribution in [3.63, 3.8) is 0 Å². The van der Waals surface area contributed by atoms with E-state index < -0.39 is 5.97 Å². The van der Waals surface area contributed by atoms with Crippen LogP contribution in [0.4, 0.5) is 0 Å². The average Bonchev–Trinajstić information content (AvgIpc) is 2.73. The minimum absolute atomic E-state index is 0.00250. The quantitative estimate of drug-likeness (QED) is 0.780. The summed E-state index contributed by atoms with van der Waals surface area (Å²) in [7, 11) is 0. The van der Waals surface area contributed by atoms with Gasteiger partial charge in [0.2, 0.25) is 0 Å². The van der Waals surface area contributed by atoms with Crippen LogP contribution < -0.4 is 0 Å². The van der Waals surface area contributed by atoms with E-state index in [2.05, 4.69) is 31.0 Å². The number of carboxylic acids is 1. The average molecular weight is 208 g/mol. The number of hydrogen-bond acceptors (Lipinski definition) is 2. The van der Waals surface area contributed by atoms with Crippen LogP contribution in [0.15, 0.2) is 6.20 Å². The molecule has 2 unspecified atom stereocenters. The fourth-order valence-corrected chi connectivity index (χ4v) is 1.99. The van der Waals surface area contributed by atoms with Crippen LogP contribution in [0, 0.1) is 5.92 Å². The van der Waals surface area contributed by atoms with Crippen molar-refractivity contribution in [2.45, 2.75) is 38.5 Å². The van der Waals surface area contributed by atoms with Crippen molar-refractivity contribution in [2.24, 2.45) is 5.92 Å². The van der Waals surface area contributed by atoms with E-state index in [0.717, 1.165) is 17.7 Å². The van der Waals surface area contributed by atoms with Gasteiger partial charge in [0.15, 0.2) is 0 Å². The minimum Gasteiger partial charge on any atom is -0.481 e. The van der Waals surface area contributed by atoms with E-state index in [1.807, 2.05) is 0 Å². The van der Waals surface area contributed by atoms with E-state index in [1.165, 1.54) is 0 Å². The third-order valence-corrected chi connectivity index (χ3v) is 2.93. The Morgan fingerprint density at radius 2 is 2.27 bits per heavy atom. The summed E-state index contributed by atoms with van der Waals surface area (Å²) in [6.07, 6.45) is 2.52. The standard InChI is InChI=1S/C11H16N2O2/c1-11(2,3)9-8(5-12-13-9)6-4-7(6)10(14)15/h5-7H,4H2,1-3H3,(H,12,13)(H,14,15). The third kappa shape index (κ3) is 1.76. The second-order valence-electron chi connectivity index (χ2n) is 5.24. The van der Waals surface area contributed by atoms with Crippen LogP contribution in [0.1, 0.15) is 44.4 Å². The Kier molecular flexibility index (Phi) is 2.10. The van der Waals surface area contributed by atoms with Gasteiger partial charge in [0.1, 0.15) is 0 Å². The molecule has 4 heteroatoms. The van der Waals surface area contributed by atoms with Crippen molar-refractivity contribution in [3.8, 4) is 0 Å². The summed E-state index contributed by atoms with van der Waals surface area (Å²) in [5, 5.41) is 15.9. The van der Waals surface area contributed by atoms with Crippen LogP contribution in [0.2, 0.25) is 0 Å². The molecule has 1 fully saturated rings. The van der Waals surface area contributed by atoms with Crippen molar-refractivity contribution < 1.29 is 9.90 Å². The number of aliphatic carboxylic acids is 1. The van der Waals surface area contributed by atoms with Crippen LogP contribution in [-0.2, 0) is 10.2 Å². The molecule has 0 radical (unpaired) electrons. The molecule has 0 bridgehead atoms. The van der Waals surface area contributed by atoms with Gasteiger partial charge in [-0.05, 0) is 12.0 Å². The minimum atomic E-state index is -0.693. The number of rotatable bonds is 2. The van der Waals surface area contributed by atoms with E-state index in [4.69, 9.17) is 5.11 Å². The number of carbonyl (C=O) groups is 1. The van der Waals surface area contributed by atoms with Crippen molar-refractivity contribution >= 4 is 5.97 Å². The van der Waals surface area contributed by atoms with Crippen molar-refractivity contribution in [1.82, 2.24) is 10.2 Å². The maximum Gasteiger partial charge on any atom is 0.307 e. The highest BCUT2D eigenvalue weighted by Crippen LogP contribution is 2.49. The first-order chi connectivity index (χ1) is 6.91. The predicted octanol–water partition coefficient (Wildman–Crippen LogP) is 1.90. The lowest BCUT2D eigenvalue weighted by atomic mass is 9.88. The van der Waals surface area contributed by atoms with Gasteiger partial charge in [-0.15, -0.1) is 0 Å². The summed E-state index contributed by atoms with van der Waals surface area (Å²) in [5.41, 5.74) is 2.14. The van der Waals surface area contributed by atoms with Gasteiger partial charge in [0.05, 0.1) is 12.1 Å². The first-order valence-corrected chi connectivity index (χ1v) is 5.18. The molecular formula is C11H16N2O2. The molecule has 1 aromatic rings. The van der Waals surface area contributed by atoms with Crippen molar-refractivity contribution in [2.75, 3.05) is 0 Å². The van der Waals surface area contributed by atoms with Crippen LogP contribution >= 0.6 is 0 Å².